The highest BCUT2D eigenvalue weighted by Gasteiger charge is 2.21. The summed E-state index contributed by atoms with van der Waals surface area (Å²) in [7, 11) is 0. The predicted molar refractivity (Wildman–Crippen MR) is 52.5 cm³/mol. The number of nitrogens with zero attached hydrogens (tertiary/aromatic N) is 1. The monoisotopic (exact) mass is 214 g/mol. The number of hydrogen-bond acceptors (Lipinski definition) is 4. The molecule has 0 unspecified atom stereocenters. The van der Waals surface area contributed by atoms with Crippen LogP contribution in [0.5, 0.6) is 0 Å². The highest BCUT2D eigenvalue weighted by atomic mass is 35.5. The molecule has 0 amide bonds. The van der Waals surface area contributed by atoms with Crippen LogP contribution in [-0.4, -0.2) is 10.7 Å². The fourth-order valence-corrected chi connectivity index (χ4v) is 1.31. The summed E-state index contributed by atoms with van der Waals surface area (Å²) >= 11 is 5.57. The highest BCUT2D eigenvalue weighted by Crippen LogP contribution is 2.33. The van der Waals surface area contributed by atoms with Gasteiger partial charge in [-0.25, -0.2) is 0 Å². The van der Waals surface area contributed by atoms with Gasteiger partial charge in [0.25, 0.3) is 0 Å². The Labute approximate surface area is 84.6 Å². The summed E-state index contributed by atoms with van der Waals surface area (Å²) in [6.45, 7) is 1.28. The zero-order chi connectivity index (χ0) is 10.9. The molecule has 0 bridgehead atoms. The molecule has 0 aliphatic rings. The van der Waals surface area contributed by atoms with E-state index in [9.17, 15) is 14.9 Å². The fraction of sp³-hybridized carbons (Fsp3) is 0.125. The lowest BCUT2D eigenvalue weighted by Gasteiger charge is -2.03. The van der Waals surface area contributed by atoms with E-state index < -0.39 is 10.6 Å². The van der Waals surface area contributed by atoms with E-state index in [1.165, 1.54) is 19.1 Å². The normalized spacial score (nSPS) is 9.86. The van der Waals surface area contributed by atoms with Crippen LogP contribution < -0.4 is 5.73 Å². The SMILES string of the molecule is CC(=O)c1ccc(Cl)c([N+](=O)[O-])c1N. The first-order chi connectivity index (χ1) is 6.45. The molecule has 1 aromatic rings. The maximum absolute atomic E-state index is 11.0. The van der Waals surface area contributed by atoms with Gasteiger partial charge in [0.1, 0.15) is 10.7 Å². The molecule has 0 spiro atoms. The van der Waals surface area contributed by atoms with E-state index in [4.69, 9.17) is 17.3 Å². The molecule has 0 heterocycles. The van der Waals surface area contributed by atoms with E-state index in [1.54, 1.807) is 0 Å². The third-order valence-corrected chi connectivity index (χ3v) is 2.03. The summed E-state index contributed by atoms with van der Waals surface area (Å²) in [4.78, 5) is 20.8. The molecule has 0 aliphatic carbocycles. The van der Waals surface area contributed by atoms with Crippen LogP contribution in [0.25, 0.3) is 0 Å². The quantitative estimate of drug-likeness (QED) is 0.353. The van der Waals surface area contributed by atoms with Crippen molar-refractivity contribution in [2.45, 2.75) is 6.92 Å². The molecule has 2 N–H and O–H groups in total. The molecular formula is C8H7ClN2O3. The van der Waals surface area contributed by atoms with Crippen molar-refractivity contribution in [1.82, 2.24) is 0 Å². The lowest BCUT2D eigenvalue weighted by Crippen LogP contribution is -2.04. The van der Waals surface area contributed by atoms with E-state index >= 15 is 0 Å². The number of Topliss-reactive ketones (excluding diaryl/α,β-unsaturated/α-hetero) is 1. The van der Waals surface area contributed by atoms with Gasteiger partial charge in [-0.15, -0.1) is 0 Å². The van der Waals surface area contributed by atoms with Gasteiger partial charge in [-0.05, 0) is 19.1 Å². The summed E-state index contributed by atoms with van der Waals surface area (Å²) in [6.07, 6.45) is 0. The van der Waals surface area contributed by atoms with Crippen molar-refractivity contribution in [1.29, 1.82) is 0 Å². The average molecular weight is 215 g/mol. The Morgan fingerprint density at radius 1 is 1.57 bits per heavy atom. The second-order valence-electron chi connectivity index (χ2n) is 2.67. The van der Waals surface area contributed by atoms with Crippen molar-refractivity contribution in [3.8, 4) is 0 Å². The second-order valence-corrected chi connectivity index (χ2v) is 3.08. The summed E-state index contributed by atoms with van der Waals surface area (Å²) in [5.74, 6) is -0.331. The van der Waals surface area contributed by atoms with Crippen LogP contribution in [-0.2, 0) is 0 Å². The van der Waals surface area contributed by atoms with Crippen LogP contribution in [0.2, 0.25) is 5.02 Å². The van der Waals surface area contributed by atoms with Crippen LogP contribution in [0, 0.1) is 10.1 Å². The first-order valence-electron chi connectivity index (χ1n) is 3.68. The first-order valence-corrected chi connectivity index (χ1v) is 4.06. The summed E-state index contributed by atoms with van der Waals surface area (Å²) in [5, 5.41) is 10.5. The van der Waals surface area contributed by atoms with Crippen molar-refractivity contribution in [2.24, 2.45) is 0 Å². The molecule has 0 aliphatic heterocycles. The molecule has 1 aromatic carbocycles. The summed E-state index contributed by atoms with van der Waals surface area (Å²) in [6, 6.07) is 2.65. The van der Waals surface area contributed by atoms with Crippen molar-refractivity contribution in [3.63, 3.8) is 0 Å². The Morgan fingerprint density at radius 2 is 2.14 bits per heavy atom. The third kappa shape index (κ3) is 1.67. The maximum Gasteiger partial charge on any atom is 0.311 e. The Kier molecular flexibility index (Phi) is 2.71. The van der Waals surface area contributed by atoms with Gasteiger partial charge in [-0.1, -0.05) is 11.6 Å². The van der Waals surface area contributed by atoms with E-state index in [1.807, 2.05) is 0 Å². The molecule has 14 heavy (non-hydrogen) atoms. The van der Waals surface area contributed by atoms with E-state index in [-0.39, 0.29) is 22.1 Å². The number of hydrogen-bond donors (Lipinski definition) is 1. The zero-order valence-corrected chi connectivity index (χ0v) is 8.04. The van der Waals surface area contributed by atoms with E-state index in [0.717, 1.165) is 0 Å². The van der Waals surface area contributed by atoms with Crippen LogP contribution in [0.3, 0.4) is 0 Å². The van der Waals surface area contributed by atoms with Crippen molar-refractivity contribution in [2.75, 3.05) is 5.73 Å². The average Bonchev–Trinajstić information content (AvgIpc) is 2.02. The number of nitro benzene ring substituents is 1. The molecule has 0 aromatic heterocycles. The van der Waals surface area contributed by atoms with Gasteiger partial charge in [0.15, 0.2) is 5.78 Å². The molecule has 74 valence electrons. The molecule has 5 nitrogen and oxygen atoms in total. The number of ketones is 1. The fourth-order valence-electron chi connectivity index (χ4n) is 1.07. The number of nitrogen functional groups attached to an aromatic ring is 1. The number of nitro groups is 1. The van der Waals surface area contributed by atoms with Crippen LogP contribution >= 0.6 is 11.6 Å². The van der Waals surface area contributed by atoms with Crippen LogP contribution in [0.15, 0.2) is 12.1 Å². The maximum atomic E-state index is 11.0. The second kappa shape index (κ2) is 3.63. The van der Waals surface area contributed by atoms with Gasteiger partial charge >= 0.3 is 5.69 Å². The van der Waals surface area contributed by atoms with Gasteiger partial charge in [0.2, 0.25) is 0 Å². The largest absolute Gasteiger partial charge is 0.393 e. The topological polar surface area (TPSA) is 86.2 Å². The molecule has 6 heteroatoms. The van der Waals surface area contributed by atoms with E-state index in [2.05, 4.69) is 0 Å². The predicted octanol–water partition coefficient (Wildman–Crippen LogP) is 2.03. The number of halogens is 1. The van der Waals surface area contributed by atoms with Gasteiger partial charge in [0.05, 0.1) is 4.92 Å². The standard InChI is InChI=1S/C8H7ClN2O3/c1-4(12)5-2-3-6(9)8(7(5)10)11(13)14/h2-3H,10H2,1H3. The van der Waals surface area contributed by atoms with Crippen LogP contribution in [0.1, 0.15) is 17.3 Å². The molecular weight excluding hydrogens is 208 g/mol. The number of rotatable bonds is 2. The Bertz CT molecular complexity index is 417. The number of carbonyl (C=O) groups excluding carboxylic acids is 1. The molecule has 1 rings (SSSR count). The minimum atomic E-state index is -0.704. The molecule has 0 saturated heterocycles. The third-order valence-electron chi connectivity index (χ3n) is 1.73. The van der Waals surface area contributed by atoms with Crippen molar-refractivity contribution in [3.05, 3.63) is 32.8 Å². The summed E-state index contributed by atoms with van der Waals surface area (Å²) in [5.41, 5.74) is 4.95. The molecule has 0 saturated carbocycles. The molecule has 0 atom stereocenters. The zero-order valence-electron chi connectivity index (χ0n) is 7.28. The summed E-state index contributed by atoms with van der Waals surface area (Å²) < 4.78 is 0. The van der Waals surface area contributed by atoms with Crippen molar-refractivity contribution < 1.29 is 9.72 Å². The molecule has 0 fully saturated rings. The Morgan fingerprint density at radius 3 is 2.57 bits per heavy atom. The number of carbonyl (C=O) groups is 1. The Balaban J connectivity index is 3.49. The van der Waals surface area contributed by atoms with Gasteiger partial charge in [-0.2, -0.15) is 0 Å². The lowest BCUT2D eigenvalue weighted by molar-refractivity contribution is -0.383. The van der Waals surface area contributed by atoms with Gasteiger partial charge in [-0.3, -0.25) is 14.9 Å². The number of anilines is 1. The van der Waals surface area contributed by atoms with Crippen LogP contribution in [0.4, 0.5) is 11.4 Å². The van der Waals surface area contributed by atoms with Gasteiger partial charge < -0.3 is 5.73 Å². The first kappa shape index (κ1) is 10.5. The minimum absolute atomic E-state index is 0.0718. The van der Waals surface area contributed by atoms with Crippen molar-refractivity contribution >= 4 is 28.8 Å². The number of nitrogens with two attached hydrogens (primary N) is 1. The lowest BCUT2D eigenvalue weighted by atomic mass is 10.1. The van der Waals surface area contributed by atoms with Gasteiger partial charge in [0, 0.05) is 5.56 Å². The van der Waals surface area contributed by atoms with E-state index in [0.29, 0.717) is 0 Å². The smallest absolute Gasteiger partial charge is 0.311 e. The molecule has 0 radical (unpaired) electrons. The Hall–Kier alpha value is -1.62. The number of benzene rings is 1. The highest BCUT2D eigenvalue weighted by molar-refractivity contribution is 6.33. The minimum Gasteiger partial charge on any atom is -0.393 e.